The van der Waals surface area contributed by atoms with Crippen LogP contribution in [0.5, 0.6) is 0 Å². The zero-order chi connectivity index (χ0) is 13.2. The Balaban J connectivity index is 1.79. The van der Waals surface area contributed by atoms with Crippen molar-refractivity contribution in [2.45, 2.75) is 32.6 Å². The Morgan fingerprint density at radius 2 is 1.67 bits per heavy atom. The van der Waals surface area contributed by atoms with Crippen molar-refractivity contribution in [2.75, 3.05) is 32.7 Å². The van der Waals surface area contributed by atoms with Crippen LogP contribution in [0, 0.1) is 5.41 Å². The fourth-order valence-corrected chi connectivity index (χ4v) is 2.68. The van der Waals surface area contributed by atoms with Gasteiger partial charge in [0.25, 0.3) is 0 Å². The van der Waals surface area contributed by atoms with Gasteiger partial charge >= 0.3 is 5.97 Å². The van der Waals surface area contributed by atoms with Gasteiger partial charge in [0, 0.05) is 13.1 Å². The third kappa shape index (κ3) is 2.83. The molecule has 0 aromatic carbocycles. The summed E-state index contributed by atoms with van der Waals surface area (Å²) in [5, 5.41) is 9.14. The minimum atomic E-state index is -0.715. The Kier molecular flexibility index (Phi) is 3.90. The second-order valence-electron chi connectivity index (χ2n) is 5.73. The molecule has 5 nitrogen and oxygen atoms in total. The van der Waals surface area contributed by atoms with Gasteiger partial charge in [-0.1, -0.05) is 0 Å². The van der Waals surface area contributed by atoms with Gasteiger partial charge in [-0.25, -0.2) is 0 Å². The van der Waals surface area contributed by atoms with Gasteiger partial charge in [-0.3, -0.25) is 14.5 Å². The smallest absolute Gasteiger partial charge is 0.309 e. The highest BCUT2D eigenvalue weighted by molar-refractivity contribution is 5.78. The van der Waals surface area contributed by atoms with Crippen molar-refractivity contribution in [3.8, 4) is 0 Å². The third-order valence-electron chi connectivity index (χ3n) is 4.29. The average molecular weight is 254 g/mol. The molecule has 0 aromatic heterocycles. The molecule has 2 aliphatic rings. The van der Waals surface area contributed by atoms with Crippen molar-refractivity contribution in [1.29, 1.82) is 0 Å². The van der Waals surface area contributed by atoms with Crippen molar-refractivity contribution in [2.24, 2.45) is 5.41 Å². The SMILES string of the molecule is CC1(C(=O)O)CCN(CC(=O)N2CCCC2)CC1. The lowest BCUT2D eigenvalue weighted by molar-refractivity contribution is -0.150. The van der Waals surface area contributed by atoms with E-state index in [1.165, 1.54) is 0 Å². The highest BCUT2D eigenvalue weighted by Crippen LogP contribution is 2.30. The predicted molar refractivity (Wildman–Crippen MR) is 67.2 cm³/mol. The topological polar surface area (TPSA) is 60.9 Å². The van der Waals surface area contributed by atoms with E-state index in [2.05, 4.69) is 4.90 Å². The number of hydrogen-bond acceptors (Lipinski definition) is 3. The molecule has 2 rings (SSSR count). The quantitative estimate of drug-likeness (QED) is 0.809. The Labute approximate surface area is 108 Å². The number of carboxylic acids is 1. The van der Waals surface area contributed by atoms with Crippen LogP contribution in [0.4, 0.5) is 0 Å². The van der Waals surface area contributed by atoms with Crippen LogP contribution < -0.4 is 0 Å². The van der Waals surface area contributed by atoms with Crippen LogP contribution >= 0.6 is 0 Å². The fraction of sp³-hybridized carbons (Fsp3) is 0.846. The first-order valence-electron chi connectivity index (χ1n) is 6.75. The minimum absolute atomic E-state index is 0.200. The third-order valence-corrected chi connectivity index (χ3v) is 4.29. The normalized spacial score (nSPS) is 24.2. The Morgan fingerprint density at radius 1 is 1.11 bits per heavy atom. The predicted octanol–water partition coefficient (Wildman–Crippen LogP) is 0.795. The highest BCUT2D eigenvalue weighted by atomic mass is 16.4. The van der Waals surface area contributed by atoms with Gasteiger partial charge in [-0.05, 0) is 45.7 Å². The lowest BCUT2D eigenvalue weighted by Crippen LogP contribution is -2.46. The second-order valence-corrected chi connectivity index (χ2v) is 5.73. The molecule has 0 radical (unpaired) electrons. The standard InChI is InChI=1S/C13H22N2O3/c1-13(12(17)18)4-8-14(9-5-13)10-11(16)15-6-2-3-7-15/h2-10H2,1H3,(H,17,18). The molecule has 2 fully saturated rings. The average Bonchev–Trinajstić information content (AvgIpc) is 2.86. The maximum Gasteiger partial charge on any atom is 0.309 e. The lowest BCUT2D eigenvalue weighted by Gasteiger charge is -2.36. The fourth-order valence-electron chi connectivity index (χ4n) is 2.68. The molecule has 0 aliphatic carbocycles. The molecule has 0 aromatic rings. The number of piperidine rings is 1. The van der Waals surface area contributed by atoms with E-state index >= 15 is 0 Å². The zero-order valence-electron chi connectivity index (χ0n) is 11.0. The van der Waals surface area contributed by atoms with Gasteiger partial charge in [-0.2, -0.15) is 0 Å². The molecule has 2 aliphatic heterocycles. The van der Waals surface area contributed by atoms with Crippen LogP contribution in [0.2, 0.25) is 0 Å². The molecule has 18 heavy (non-hydrogen) atoms. The molecule has 5 heteroatoms. The molecule has 0 spiro atoms. The van der Waals surface area contributed by atoms with Gasteiger partial charge in [0.05, 0.1) is 12.0 Å². The monoisotopic (exact) mass is 254 g/mol. The van der Waals surface area contributed by atoms with Crippen molar-refractivity contribution >= 4 is 11.9 Å². The van der Waals surface area contributed by atoms with Gasteiger partial charge in [0.1, 0.15) is 0 Å². The summed E-state index contributed by atoms with van der Waals surface area (Å²) in [4.78, 5) is 27.1. The number of hydrogen-bond donors (Lipinski definition) is 1. The van der Waals surface area contributed by atoms with Crippen molar-refractivity contribution in [3.63, 3.8) is 0 Å². The summed E-state index contributed by atoms with van der Waals surface area (Å²) >= 11 is 0. The van der Waals surface area contributed by atoms with Crippen LogP contribution in [0.1, 0.15) is 32.6 Å². The largest absolute Gasteiger partial charge is 0.481 e. The number of aliphatic carboxylic acids is 1. The molecule has 102 valence electrons. The first-order valence-corrected chi connectivity index (χ1v) is 6.75. The molecule has 0 atom stereocenters. The van der Waals surface area contributed by atoms with E-state index < -0.39 is 11.4 Å². The van der Waals surface area contributed by atoms with E-state index in [4.69, 9.17) is 5.11 Å². The summed E-state index contributed by atoms with van der Waals surface area (Å²) in [7, 11) is 0. The maximum atomic E-state index is 12.0. The number of carboxylic acid groups (broad SMARTS) is 1. The summed E-state index contributed by atoms with van der Waals surface area (Å²) in [5.41, 5.74) is -0.604. The molecule has 0 unspecified atom stereocenters. The van der Waals surface area contributed by atoms with E-state index in [-0.39, 0.29) is 5.91 Å². The Morgan fingerprint density at radius 3 is 2.17 bits per heavy atom. The lowest BCUT2D eigenvalue weighted by atomic mass is 9.80. The molecule has 1 amide bonds. The molecule has 2 saturated heterocycles. The summed E-state index contributed by atoms with van der Waals surface area (Å²) in [6, 6.07) is 0. The molecule has 1 N–H and O–H groups in total. The van der Waals surface area contributed by atoms with Crippen LogP contribution in [0.15, 0.2) is 0 Å². The van der Waals surface area contributed by atoms with E-state index in [0.29, 0.717) is 32.5 Å². The summed E-state index contributed by atoms with van der Waals surface area (Å²) in [6.07, 6.45) is 3.50. The molecule has 2 heterocycles. The van der Waals surface area contributed by atoms with Gasteiger partial charge < -0.3 is 10.0 Å². The van der Waals surface area contributed by atoms with E-state index in [1.807, 2.05) is 4.90 Å². The van der Waals surface area contributed by atoms with Crippen molar-refractivity contribution in [1.82, 2.24) is 9.80 Å². The van der Waals surface area contributed by atoms with Crippen LogP contribution in [-0.2, 0) is 9.59 Å². The number of nitrogens with zero attached hydrogens (tertiary/aromatic N) is 2. The number of likely N-dealkylation sites (tertiary alicyclic amines) is 2. The maximum absolute atomic E-state index is 12.0. The second kappa shape index (κ2) is 5.26. The van der Waals surface area contributed by atoms with Crippen LogP contribution in [0.25, 0.3) is 0 Å². The van der Waals surface area contributed by atoms with Gasteiger partial charge in [-0.15, -0.1) is 0 Å². The first-order chi connectivity index (χ1) is 8.51. The number of amides is 1. The zero-order valence-corrected chi connectivity index (χ0v) is 11.0. The highest BCUT2D eigenvalue weighted by Gasteiger charge is 2.37. The van der Waals surface area contributed by atoms with Crippen molar-refractivity contribution in [3.05, 3.63) is 0 Å². The van der Waals surface area contributed by atoms with Crippen molar-refractivity contribution < 1.29 is 14.7 Å². The Bertz CT molecular complexity index is 329. The minimum Gasteiger partial charge on any atom is -0.481 e. The van der Waals surface area contributed by atoms with Crippen LogP contribution in [0.3, 0.4) is 0 Å². The first kappa shape index (κ1) is 13.3. The summed E-state index contributed by atoms with van der Waals surface area (Å²) in [5.74, 6) is -0.514. The van der Waals surface area contributed by atoms with Crippen LogP contribution in [-0.4, -0.2) is 59.5 Å². The molecule has 0 bridgehead atoms. The molecule has 0 saturated carbocycles. The number of carbonyl (C=O) groups excluding carboxylic acids is 1. The Hall–Kier alpha value is -1.10. The van der Waals surface area contributed by atoms with E-state index in [1.54, 1.807) is 6.92 Å². The number of rotatable bonds is 3. The van der Waals surface area contributed by atoms with E-state index in [0.717, 1.165) is 25.9 Å². The molecular weight excluding hydrogens is 232 g/mol. The summed E-state index contributed by atoms with van der Waals surface area (Å²) < 4.78 is 0. The molecular formula is C13H22N2O3. The number of carbonyl (C=O) groups is 2. The van der Waals surface area contributed by atoms with Gasteiger partial charge in [0.15, 0.2) is 0 Å². The van der Waals surface area contributed by atoms with E-state index in [9.17, 15) is 9.59 Å². The van der Waals surface area contributed by atoms with Gasteiger partial charge in [0.2, 0.25) is 5.91 Å². The summed E-state index contributed by atoms with van der Waals surface area (Å²) in [6.45, 7) is 5.45.